The molecule has 2 aliphatic heterocycles. The van der Waals surface area contributed by atoms with Crippen LogP contribution in [0.2, 0.25) is 0 Å². The number of nitrogens with two attached hydrogens (primary N) is 1. The zero-order chi connectivity index (χ0) is 25.3. The first-order valence-electron chi connectivity index (χ1n) is 10.2. The Balaban J connectivity index is 1.53. The molecule has 2 atom stereocenters. The fourth-order valence-electron chi connectivity index (χ4n) is 3.81. The molecule has 15 heteroatoms. The summed E-state index contributed by atoms with van der Waals surface area (Å²) in [4.78, 5) is 47.5. The lowest BCUT2D eigenvalue weighted by Crippen LogP contribution is -2.71. The highest BCUT2D eigenvalue weighted by atomic mass is 32.2. The van der Waals surface area contributed by atoms with Crippen LogP contribution >= 0.6 is 23.3 Å². The number of thioether (sulfide) groups is 1. The van der Waals surface area contributed by atoms with Crippen LogP contribution < -0.4 is 25.5 Å². The minimum Gasteiger partial charge on any atom is -0.543 e. The molecular formula is C20H21N7O6S2. The Kier molecular flexibility index (Phi) is 6.88. The first kappa shape index (κ1) is 24.4. The number of fused-ring (bicyclic) bond motifs is 1. The van der Waals surface area contributed by atoms with Crippen LogP contribution in [0.25, 0.3) is 0 Å². The number of pyridine rings is 1. The molecule has 0 radical (unpaired) electrons. The van der Waals surface area contributed by atoms with Crippen LogP contribution in [0.15, 0.2) is 34.9 Å². The molecule has 2 aliphatic rings. The van der Waals surface area contributed by atoms with Gasteiger partial charge in [-0.15, -0.1) is 11.8 Å². The normalized spacial score (nSPS) is 19.7. The van der Waals surface area contributed by atoms with Gasteiger partial charge in [-0.1, -0.05) is 5.16 Å². The van der Waals surface area contributed by atoms with Crippen molar-refractivity contribution in [3.8, 4) is 5.75 Å². The van der Waals surface area contributed by atoms with E-state index in [1.54, 1.807) is 23.9 Å². The molecule has 0 saturated carbocycles. The third-order valence-corrected chi connectivity index (χ3v) is 7.22. The number of β-lactam (4-membered cyclic amide) rings is 1. The van der Waals surface area contributed by atoms with Crippen LogP contribution in [-0.2, 0) is 25.8 Å². The van der Waals surface area contributed by atoms with Gasteiger partial charge >= 0.3 is 0 Å². The molecule has 0 aromatic carbocycles. The zero-order valence-electron chi connectivity index (χ0n) is 18.9. The van der Waals surface area contributed by atoms with Gasteiger partial charge in [0, 0.05) is 28.9 Å². The lowest BCUT2D eigenvalue weighted by molar-refractivity contribution is -0.689. The van der Waals surface area contributed by atoms with Crippen molar-refractivity contribution < 1.29 is 33.6 Å². The number of hydrogen-bond donors (Lipinski definition) is 2. The number of amides is 2. The number of rotatable bonds is 8. The van der Waals surface area contributed by atoms with Gasteiger partial charge in [0.15, 0.2) is 24.1 Å². The molecule has 4 rings (SSSR count). The van der Waals surface area contributed by atoms with Crippen LogP contribution in [0.3, 0.4) is 0 Å². The maximum atomic E-state index is 12.9. The van der Waals surface area contributed by atoms with Gasteiger partial charge in [0.2, 0.25) is 11.5 Å². The topological polar surface area (TPSA) is 176 Å². The number of carbonyl (C=O) groups is 3. The van der Waals surface area contributed by atoms with E-state index in [0.29, 0.717) is 17.1 Å². The van der Waals surface area contributed by atoms with E-state index >= 15 is 0 Å². The van der Waals surface area contributed by atoms with Crippen molar-refractivity contribution in [3.05, 3.63) is 41.1 Å². The Labute approximate surface area is 207 Å². The number of aryl methyl sites for hydroxylation is 1. The Morgan fingerprint density at radius 1 is 1.43 bits per heavy atom. The smallest absolute Gasteiger partial charge is 0.278 e. The number of nitrogen functional groups attached to an aromatic ring is 1. The fourth-order valence-corrected chi connectivity index (χ4v) is 5.58. The molecule has 2 aromatic heterocycles. The van der Waals surface area contributed by atoms with Crippen LogP contribution in [0.5, 0.6) is 5.75 Å². The molecular weight excluding hydrogens is 498 g/mol. The number of ether oxygens (including phenoxy) is 1. The van der Waals surface area contributed by atoms with Crippen molar-refractivity contribution in [1.29, 1.82) is 0 Å². The maximum absolute atomic E-state index is 12.9. The largest absolute Gasteiger partial charge is 0.543 e. The fraction of sp³-hybridized carbons (Fsp3) is 0.350. The number of carboxylic acid groups (broad SMARTS) is 1. The second-order valence-electron chi connectivity index (χ2n) is 7.55. The number of aromatic nitrogens is 3. The minimum absolute atomic E-state index is 0.0452. The number of carbonyl (C=O) groups excluding carboxylic acids is 3. The summed E-state index contributed by atoms with van der Waals surface area (Å²) in [5.74, 6) is -1.81. The Morgan fingerprint density at radius 3 is 2.80 bits per heavy atom. The van der Waals surface area contributed by atoms with E-state index in [0.717, 1.165) is 22.0 Å². The molecule has 13 nitrogen and oxygen atoms in total. The van der Waals surface area contributed by atoms with E-state index in [4.69, 9.17) is 15.3 Å². The summed E-state index contributed by atoms with van der Waals surface area (Å²) in [5, 5.41) is 17.7. The predicted octanol–water partition coefficient (Wildman–Crippen LogP) is -1.82. The number of aliphatic carboxylic acids is 1. The van der Waals surface area contributed by atoms with Crippen LogP contribution in [0, 0.1) is 6.92 Å². The third kappa shape index (κ3) is 4.64. The van der Waals surface area contributed by atoms with E-state index in [2.05, 4.69) is 19.8 Å². The number of oxime groups is 1. The maximum Gasteiger partial charge on any atom is 0.278 e. The third-order valence-electron chi connectivity index (χ3n) is 5.34. The number of carboxylic acids is 1. The highest BCUT2D eigenvalue weighted by Crippen LogP contribution is 2.40. The second-order valence-corrected chi connectivity index (χ2v) is 9.44. The molecule has 0 bridgehead atoms. The number of nitrogens with zero attached hydrogens (tertiary/aromatic N) is 5. The van der Waals surface area contributed by atoms with Gasteiger partial charge in [-0.2, -0.15) is 9.36 Å². The predicted molar refractivity (Wildman–Crippen MR) is 123 cm³/mol. The highest BCUT2D eigenvalue weighted by molar-refractivity contribution is 8.00. The summed E-state index contributed by atoms with van der Waals surface area (Å²) in [5.41, 5.74) is 6.52. The van der Waals surface area contributed by atoms with Crippen molar-refractivity contribution in [2.75, 3.05) is 25.7 Å². The van der Waals surface area contributed by atoms with Gasteiger partial charge in [0.05, 0.1) is 24.3 Å². The first-order valence-corrected chi connectivity index (χ1v) is 12.0. The summed E-state index contributed by atoms with van der Waals surface area (Å²) in [6.07, 6.45) is 3.59. The van der Waals surface area contributed by atoms with E-state index < -0.39 is 29.2 Å². The first-order chi connectivity index (χ1) is 16.7. The minimum atomic E-state index is -1.46. The van der Waals surface area contributed by atoms with Gasteiger partial charge in [0.25, 0.3) is 11.8 Å². The summed E-state index contributed by atoms with van der Waals surface area (Å²) in [6, 6.07) is 0.801. The zero-order valence-corrected chi connectivity index (χ0v) is 20.5. The Bertz CT molecular complexity index is 1260. The summed E-state index contributed by atoms with van der Waals surface area (Å²) in [6.45, 7) is 2.12. The summed E-state index contributed by atoms with van der Waals surface area (Å²) >= 11 is 2.21. The van der Waals surface area contributed by atoms with Crippen molar-refractivity contribution in [1.82, 2.24) is 19.6 Å². The molecule has 1 fully saturated rings. The van der Waals surface area contributed by atoms with E-state index in [9.17, 15) is 19.5 Å². The average molecular weight is 520 g/mol. The van der Waals surface area contributed by atoms with E-state index in [-0.39, 0.29) is 28.9 Å². The molecule has 35 heavy (non-hydrogen) atoms. The quantitative estimate of drug-likeness (QED) is 0.175. The molecule has 1 unspecified atom stereocenters. The van der Waals surface area contributed by atoms with Gasteiger partial charge in [-0.3, -0.25) is 14.5 Å². The number of methoxy groups -OCH3 is 1. The molecule has 3 N–H and O–H groups in total. The molecule has 2 amide bonds. The van der Waals surface area contributed by atoms with Gasteiger partial charge in [-0.25, -0.2) is 4.57 Å². The van der Waals surface area contributed by atoms with Crippen molar-refractivity contribution >= 4 is 51.9 Å². The molecule has 0 aliphatic carbocycles. The summed E-state index contributed by atoms with van der Waals surface area (Å²) < 4.78 is 11.0. The van der Waals surface area contributed by atoms with Gasteiger partial charge in [-0.05, 0) is 6.92 Å². The van der Waals surface area contributed by atoms with E-state index in [1.807, 2.05) is 13.1 Å². The number of anilines is 1. The summed E-state index contributed by atoms with van der Waals surface area (Å²) in [7, 11) is 2.82. The lowest BCUT2D eigenvalue weighted by Gasteiger charge is -2.50. The lowest BCUT2D eigenvalue weighted by atomic mass is 10.0. The van der Waals surface area contributed by atoms with Crippen molar-refractivity contribution in [2.24, 2.45) is 5.16 Å². The van der Waals surface area contributed by atoms with Crippen molar-refractivity contribution in [3.63, 3.8) is 0 Å². The van der Waals surface area contributed by atoms with Gasteiger partial charge < -0.3 is 30.5 Å². The Morgan fingerprint density at radius 2 is 2.20 bits per heavy atom. The van der Waals surface area contributed by atoms with Crippen LogP contribution in [0.4, 0.5) is 5.13 Å². The Hall–Kier alpha value is -3.72. The molecule has 0 spiro atoms. The molecule has 184 valence electrons. The van der Waals surface area contributed by atoms with E-state index in [1.165, 1.54) is 18.9 Å². The van der Waals surface area contributed by atoms with Crippen LogP contribution in [-0.4, -0.2) is 69.1 Å². The van der Waals surface area contributed by atoms with Crippen molar-refractivity contribution in [2.45, 2.75) is 24.9 Å². The van der Waals surface area contributed by atoms with Crippen LogP contribution in [0.1, 0.15) is 11.4 Å². The molecule has 2 aromatic rings. The SMILES string of the molecule is CON=C(C(=O)NC1C(=O)N2C(C(=O)[O-])=C(C[n+]3ccc(OC)c(C)c3)CS[C@@H]12)c1nsc(N)n1. The molecule has 4 heterocycles. The standard InChI is InChI=1S/C20H21N7O6S2/c1-9-6-26(5-4-11(9)32-2)7-10-8-34-18-13(17(29)27(18)14(10)19(30)31)22-16(28)12(24-33-3)15-23-20(21)35-25-15/h4-6,13,18H,7-8H2,1-3H3,(H3-,21,22,23,25,28,30,31)/t13?,18-/m0/s1. The highest BCUT2D eigenvalue weighted by Gasteiger charge is 2.53. The molecule has 1 saturated heterocycles. The number of hydrogen-bond acceptors (Lipinski definition) is 12. The monoisotopic (exact) mass is 519 g/mol. The average Bonchev–Trinajstić information content (AvgIpc) is 3.26. The second kappa shape index (κ2) is 9.87. The number of nitrogens with one attached hydrogen (secondary N) is 1. The van der Waals surface area contributed by atoms with Gasteiger partial charge in [0.1, 0.15) is 24.3 Å².